The summed E-state index contributed by atoms with van der Waals surface area (Å²) in [6, 6.07) is 8.86. The van der Waals surface area contributed by atoms with Crippen LogP contribution in [0.1, 0.15) is 29.9 Å². The van der Waals surface area contributed by atoms with Crippen LogP contribution >= 0.6 is 11.8 Å². The fourth-order valence-corrected chi connectivity index (χ4v) is 2.89. The second-order valence-electron chi connectivity index (χ2n) is 4.88. The lowest BCUT2D eigenvalue weighted by Crippen LogP contribution is -2.15. The Morgan fingerprint density at radius 3 is 2.33 bits per heavy atom. The predicted octanol–water partition coefficient (Wildman–Crippen LogP) is 2.58. The highest BCUT2D eigenvalue weighted by molar-refractivity contribution is 8.00. The van der Waals surface area contributed by atoms with E-state index in [2.05, 4.69) is 24.3 Å². The maximum absolute atomic E-state index is 9.81. The quantitative estimate of drug-likeness (QED) is 0.845. The van der Waals surface area contributed by atoms with E-state index in [-0.39, 0.29) is 5.60 Å². The lowest BCUT2D eigenvalue weighted by molar-refractivity contribution is 0.151. The first-order valence-corrected chi connectivity index (χ1v) is 6.80. The van der Waals surface area contributed by atoms with Crippen LogP contribution < -0.4 is 0 Å². The summed E-state index contributed by atoms with van der Waals surface area (Å²) in [5, 5.41) is 9.81. The summed E-state index contributed by atoms with van der Waals surface area (Å²) in [6.07, 6.45) is 2.80. The Morgan fingerprint density at radius 1 is 1.20 bits per heavy atom. The summed E-state index contributed by atoms with van der Waals surface area (Å²) in [7, 11) is 0. The Hall–Kier alpha value is -0.470. The zero-order chi connectivity index (χ0) is 10.3. The van der Waals surface area contributed by atoms with Gasteiger partial charge in [-0.3, -0.25) is 0 Å². The van der Waals surface area contributed by atoms with E-state index in [0.29, 0.717) is 0 Å². The van der Waals surface area contributed by atoms with Crippen LogP contribution in [0.3, 0.4) is 0 Å². The maximum Gasteiger partial charge on any atom is 0.0690 e. The van der Waals surface area contributed by atoms with Gasteiger partial charge in [0, 0.05) is 23.8 Å². The minimum Gasteiger partial charge on any atom is -0.390 e. The van der Waals surface area contributed by atoms with Crippen molar-refractivity contribution in [1.82, 2.24) is 0 Å². The summed E-state index contributed by atoms with van der Waals surface area (Å²) in [5.74, 6) is 3.35. The molecule has 0 bridgehead atoms. The standard InChI is InChI=1S/C13H16OS/c14-13(5-6-13)7-10-1-3-11(4-2-10)12-8-15-9-12/h1-4,12,14H,5-9H2. The van der Waals surface area contributed by atoms with Crippen LogP contribution in [-0.2, 0) is 6.42 Å². The zero-order valence-electron chi connectivity index (χ0n) is 8.78. The second-order valence-corrected chi connectivity index (χ2v) is 5.95. The molecule has 0 spiro atoms. The van der Waals surface area contributed by atoms with Crippen LogP contribution in [-0.4, -0.2) is 22.2 Å². The van der Waals surface area contributed by atoms with Crippen molar-refractivity contribution in [2.45, 2.75) is 30.8 Å². The van der Waals surface area contributed by atoms with Gasteiger partial charge in [0.15, 0.2) is 0 Å². The smallest absolute Gasteiger partial charge is 0.0690 e. The summed E-state index contributed by atoms with van der Waals surface area (Å²) < 4.78 is 0. The molecule has 1 aromatic rings. The van der Waals surface area contributed by atoms with Crippen LogP contribution in [0, 0.1) is 0 Å². The molecule has 3 rings (SSSR count). The van der Waals surface area contributed by atoms with Gasteiger partial charge in [-0.2, -0.15) is 11.8 Å². The van der Waals surface area contributed by atoms with Crippen molar-refractivity contribution in [3.8, 4) is 0 Å². The maximum atomic E-state index is 9.81. The highest BCUT2D eigenvalue weighted by Gasteiger charge is 2.40. The van der Waals surface area contributed by atoms with Gasteiger partial charge in [0.2, 0.25) is 0 Å². The molecule has 1 aliphatic heterocycles. The molecule has 1 saturated carbocycles. The fourth-order valence-electron chi connectivity index (χ4n) is 2.04. The molecule has 1 aliphatic carbocycles. The van der Waals surface area contributed by atoms with E-state index >= 15 is 0 Å². The molecule has 0 unspecified atom stereocenters. The lowest BCUT2D eigenvalue weighted by Gasteiger charge is -2.25. The van der Waals surface area contributed by atoms with Gasteiger partial charge in [-0.15, -0.1) is 0 Å². The average Bonchev–Trinajstić information content (AvgIpc) is 2.84. The zero-order valence-corrected chi connectivity index (χ0v) is 9.59. The SMILES string of the molecule is OC1(Cc2ccc(C3CSC3)cc2)CC1. The molecular weight excluding hydrogens is 204 g/mol. The predicted molar refractivity (Wildman–Crippen MR) is 64.4 cm³/mol. The highest BCUT2D eigenvalue weighted by atomic mass is 32.2. The molecule has 80 valence electrons. The minimum absolute atomic E-state index is 0.353. The Labute approximate surface area is 94.9 Å². The Balaban J connectivity index is 1.69. The Kier molecular flexibility index (Phi) is 2.29. The van der Waals surface area contributed by atoms with E-state index in [1.54, 1.807) is 0 Å². The number of benzene rings is 1. The summed E-state index contributed by atoms with van der Waals surface area (Å²) in [4.78, 5) is 0. The minimum atomic E-state index is -0.353. The van der Waals surface area contributed by atoms with E-state index in [4.69, 9.17) is 0 Å². The number of hydrogen-bond donors (Lipinski definition) is 1. The summed E-state index contributed by atoms with van der Waals surface area (Å²) in [6.45, 7) is 0. The van der Waals surface area contributed by atoms with E-state index in [9.17, 15) is 5.11 Å². The van der Waals surface area contributed by atoms with Crippen molar-refractivity contribution >= 4 is 11.8 Å². The molecule has 15 heavy (non-hydrogen) atoms. The molecule has 1 nitrogen and oxygen atoms in total. The third-order valence-electron chi connectivity index (χ3n) is 3.45. The van der Waals surface area contributed by atoms with Gasteiger partial charge in [-0.1, -0.05) is 24.3 Å². The number of thioether (sulfide) groups is 1. The molecule has 2 fully saturated rings. The van der Waals surface area contributed by atoms with Crippen LogP contribution in [0.4, 0.5) is 0 Å². The van der Waals surface area contributed by atoms with Crippen molar-refractivity contribution in [3.05, 3.63) is 35.4 Å². The molecule has 0 amide bonds. The summed E-state index contributed by atoms with van der Waals surface area (Å²) in [5.41, 5.74) is 2.40. The van der Waals surface area contributed by atoms with Crippen molar-refractivity contribution in [2.75, 3.05) is 11.5 Å². The van der Waals surface area contributed by atoms with Gasteiger partial charge in [0.1, 0.15) is 0 Å². The molecule has 1 N–H and O–H groups in total. The molecule has 1 aromatic carbocycles. The number of rotatable bonds is 3. The molecule has 2 heteroatoms. The molecule has 0 atom stereocenters. The van der Waals surface area contributed by atoms with Gasteiger partial charge >= 0.3 is 0 Å². The first-order chi connectivity index (χ1) is 7.25. The normalized spacial score (nSPS) is 23.5. The Bertz CT molecular complexity index is 349. The highest BCUT2D eigenvalue weighted by Crippen LogP contribution is 2.39. The van der Waals surface area contributed by atoms with Gasteiger partial charge < -0.3 is 5.11 Å². The van der Waals surface area contributed by atoms with E-state index < -0.39 is 0 Å². The molecule has 1 heterocycles. The van der Waals surface area contributed by atoms with E-state index in [0.717, 1.165) is 25.2 Å². The molecular formula is C13H16OS. The van der Waals surface area contributed by atoms with E-state index in [1.807, 2.05) is 11.8 Å². The van der Waals surface area contributed by atoms with Gasteiger partial charge in [0.25, 0.3) is 0 Å². The number of aliphatic hydroxyl groups is 1. The molecule has 0 radical (unpaired) electrons. The third-order valence-corrected chi connectivity index (χ3v) is 4.73. The largest absolute Gasteiger partial charge is 0.390 e. The lowest BCUT2D eigenvalue weighted by atomic mass is 9.98. The topological polar surface area (TPSA) is 20.2 Å². The molecule has 1 saturated heterocycles. The average molecular weight is 220 g/mol. The van der Waals surface area contributed by atoms with Crippen LogP contribution in [0.2, 0.25) is 0 Å². The van der Waals surface area contributed by atoms with Crippen LogP contribution in [0.15, 0.2) is 24.3 Å². The fraction of sp³-hybridized carbons (Fsp3) is 0.538. The summed E-state index contributed by atoms with van der Waals surface area (Å²) >= 11 is 2.02. The van der Waals surface area contributed by atoms with Crippen LogP contribution in [0.25, 0.3) is 0 Å². The first kappa shape index (κ1) is 9.73. The number of hydrogen-bond acceptors (Lipinski definition) is 2. The first-order valence-electron chi connectivity index (χ1n) is 5.64. The van der Waals surface area contributed by atoms with Crippen molar-refractivity contribution in [1.29, 1.82) is 0 Å². The van der Waals surface area contributed by atoms with Gasteiger partial charge in [-0.05, 0) is 24.0 Å². The van der Waals surface area contributed by atoms with Gasteiger partial charge in [0.05, 0.1) is 5.60 Å². The Morgan fingerprint density at radius 2 is 1.87 bits per heavy atom. The third kappa shape index (κ3) is 2.06. The van der Waals surface area contributed by atoms with Crippen LogP contribution in [0.5, 0.6) is 0 Å². The molecule has 2 aliphatic rings. The molecule has 0 aromatic heterocycles. The second kappa shape index (κ2) is 3.53. The van der Waals surface area contributed by atoms with E-state index in [1.165, 1.54) is 22.6 Å². The van der Waals surface area contributed by atoms with Crippen molar-refractivity contribution < 1.29 is 5.11 Å². The monoisotopic (exact) mass is 220 g/mol. The van der Waals surface area contributed by atoms with Crippen molar-refractivity contribution in [2.24, 2.45) is 0 Å². The van der Waals surface area contributed by atoms with Crippen molar-refractivity contribution in [3.63, 3.8) is 0 Å². The van der Waals surface area contributed by atoms with Gasteiger partial charge in [-0.25, -0.2) is 0 Å².